The second kappa shape index (κ2) is 4.28. The number of amides is 1. The predicted octanol–water partition coefficient (Wildman–Crippen LogP) is 2.07. The zero-order valence-corrected chi connectivity index (χ0v) is 7.98. The van der Waals surface area contributed by atoms with Crippen LogP contribution in [0.2, 0.25) is 0 Å². The number of hydrogen-bond donors (Lipinski definition) is 1. The monoisotopic (exact) mass is 177 g/mol. The molecule has 0 fully saturated rings. The number of hydrogen-bond acceptors (Lipinski definition) is 2. The minimum absolute atomic E-state index is 0.0449. The summed E-state index contributed by atoms with van der Waals surface area (Å²) in [6.07, 6.45) is -0.708. The molecule has 0 bridgehead atoms. The van der Waals surface area contributed by atoms with Gasteiger partial charge in [0.1, 0.15) is 0 Å². The Bertz CT molecular complexity index is 154. The number of halogens is 1. The van der Waals surface area contributed by atoms with Crippen LogP contribution in [0.5, 0.6) is 0 Å². The van der Waals surface area contributed by atoms with Crippen molar-refractivity contribution in [1.82, 2.24) is 5.32 Å². The second-order valence-corrected chi connectivity index (χ2v) is 3.77. The molecule has 0 aliphatic carbocycles. The van der Waals surface area contributed by atoms with E-state index in [-0.39, 0.29) is 11.5 Å². The van der Waals surface area contributed by atoms with E-state index in [9.17, 15) is 9.18 Å². The van der Waals surface area contributed by atoms with E-state index >= 15 is 0 Å². The molecule has 0 rings (SSSR count). The Morgan fingerprint density at radius 2 is 2.08 bits per heavy atom. The number of nitrogens with one attached hydrogen (secondary N) is 1. The van der Waals surface area contributed by atoms with E-state index in [1.807, 2.05) is 27.7 Å². The smallest absolute Gasteiger partial charge is 0.409 e. The molecule has 4 heteroatoms. The summed E-state index contributed by atoms with van der Waals surface area (Å²) in [6, 6.07) is -0.0449. The lowest BCUT2D eigenvalue weighted by atomic mass is 9.88. The minimum Gasteiger partial charge on any atom is -0.418 e. The van der Waals surface area contributed by atoms with Crippen LogP contribution in [-0.2, 0) is 4.74 Å². The standard InChI is InChI=1S/C8H16FNO2/c1-6(8(2,3)4)10-7(11)12-5-9/h6H,5H2,1-4H3,(H,10,11). The number of alkyl halides is 1. The summed E-state index contributed by atoms with van der Waals surface area (Å²) in [4.78, 5) is 10.7. The molecule has 0 aliphatic rings. The summed E-state index contributed by atoms with van der Waals surface area (Å²) >= 11 is 0. The maximum absolute atomic E-state index is 11.5. The van der Waals surface area contributed by atoms with E-state index in [0.717, 1.165) is 0 Å². The summed E-state index contributed by atoms with van der Waals surface area (Å²) in [5.41, 5.74) is -0.0463. The average molecular weight is 177 g/mol. The molecule has 0 saturated carbocycles. The van der Waals surface area contributed by atoms with Crippen LogP contribution in [0.15, 0.2) is 0 Å². The van der Waals surface area contributed by atoms with Gasteiger partial charge in [0.25, 0.3) is 0 Å². The molecule has 1 amide bonds. The van der Waals surface area contributed by atoms with Crippen molar-refractivity contribution in [3.8, 4) is 0 Å². The van der Waals surface area contributed by atoms with Gasteiger partial charge < -0.3 is 10.1 Å². The first-order chi connectivity index (χ1) is 5.38. The number of alkyl carbamates (subject to hydrolysis) is 1. The van der Waals surface area contributed by atoms with E-state index in [4.69, 9.17) is 0 Å². The third-order valence-electron chi connectivity index (χ3n) is 1.82. The van der Waals surface area contributed by atoms with Crippen LogP contribution in [0.4, 0.5) is 9.18 Å². The molecule has 1 N–H and O–H groups in total. The van der Waals surface area contributed by atoms with Gasteiger partial charge >= 0.3 is 6.09 Å². The fourth-order valence-corrected chi connectivity index (χ4v) is 0.484. The van der Waals surface area contributed by atoms with Gasteiger partial charge in [0.15, 0.2) is 0 Å². The largest absolute Gasteiger partial charge is 0.418 e. The van der Waals surface area contributed by atoms with Crippen LogP contribution < -0.4 is 5.32 Å². The van der Waals surface area contributed by atoms with E-state index < -0.39 is 13.0 Å². The van der Waals surface area contributed by atoms with Gasteiger partial charge in [-0.25, -0.2) is 9.18 Å². The van der Waals surface area contributed by atoms with Gasteiger partial charge in [0.05, 0.1) is 0 Å². The molecule has 1 atom stereocenters. The zero-order valence-electron chi connectivity index (χ0n) is 7.98. The van der Waals surface area contributed by atoms with Crippen LogP contribution in [0.1, 0.15) is 27.7 Å². The van der Waals surface area contributed by atoms with Crippen LogP contribution in [0.3, 0.4) is 0 Å². The first kappa shape index (κ1) is 11.2. The summed E-state index contributed by atoms with van der Waals surface area (Å²) < 4.78 is 15.6. The van der Waals surface area contributed by atoms with Gasteiger partial charge in [-0.05, 0) is 12.3 Å². The van der Waals surface area contributed by atoms with Gasteiger partial charge in [-0.15, -0.1) is 0 Å². The van der Waals surface area contributed by atoms with Crippen molar-refractivity contribution < 1.29 is 13.9 Å². The number of carbonyl (C=O) groups excluding carboxylic acids is 1. The fraction of sp³-hybridized carbons (Fsp3) is 0.875. The molecule has 72 valence electrons. The highest BCUT2D eigenvalue weighted by Crippen LogP contribution is 2.18. The quantitative estimate of drug-likeness (QED) is 0.701. The molecule has 0 radical (unpaired) electrons. The average Bonchev–Trinajstić information content (AvgIpc) is 1.85. The topological polar surface area (TPSA) is 38.3 Å². The first-order valence-corrected chi connectivity index (χ1v) is 3.87. The molecule has 1 unspecified atom stereocenters. The van der Waals surface area contributed by atoms with Crippen molar-refractivity contribution in [1.29, 1.82) is 0 Å². The Hall–Kier alpha value is -0.800. The van der Waals surface area contributed by atoms with E-state index in [1.165, 1.54) is 0 Å². The maximum Gasteiger partial charge on any atom is 0.409 e. The van der Waals surface area contributed by atoms with Crippen LogP contribution in [0.25, 0.3) is 0 Å². The normalized spacial score (nSPS) is 13.8. The highest BCUT2D eigenvalue weighted by molar-refractivity contribution is 5.67. The molecule has 0 saturated heterocycles. The van der Waals surface area contributed by atoms with Gasteiger partial charge in [-0.2, -0.15) is 0 Å². The first-order valence-electron chi connectivity index (χ1n) is 3.87. The van der Waals surface area contributed by atoms with Crippen LogP contribution in [-0.4, -0.2) is 19.0 Å². The Morgan fingerprint density at radius 1 is 1.58 bits per heavy atom. The Balaban J connectivity index is 3.84. The molecule has 0 aromatic carbocycles. The van der Waals surface area contributed by atoms with Gasteiger partial charge in [0, 0.05) is 6.04 Å². The molecule has 12 heavy (non-hydrogen) atoms. The fourth-order valence-electron chi connectivity index (χ4n) is 0.484. The van der Waals surface area contributed by atoms with Crippen molar-refractivity contribution in [3.05, 3.63) is 0 Å². The zero-order chi connectivity index (χ0) is 9.78. The van der Waals surface area contributed by atoms with Crippen molar-refractivity contribution >= 4 is 6.09 Å². The molecular weight excluding hydrogens is 161 g/mol. The lowest BCUT2D eigenvalue weighted by molar-refractivity contribution is 0.0907. The Morgan fingerprint density at radius 3 is 2.42 bits per heavy atom. The third-order valence-corrected chi connectivity index (χ3v) is 1.82. The lowest BCUT2D eigenvalue weighted by Gasteiger charge is -2.27. The summed E-state index contributed by atoms with van der Waals surface area (Å²) in [6.45, 7) is 6.70. The number of carbonyl (C=O) groups is 1. The highest BCUT2D eigenvalue weighted by atomic mass is 19.1. The molecule has 0 aromatic rings. The maximum atomic E-state index is 11.5. The third kappa shape index (κ3) is 4.16. The minimum atomic E-state index is -1.08. The van der Waals surface area contributed by atoms with Gasteiger partial charge in [0.2, 0.25) is 6.86 Å². The Kier molecular flexibility index (Phi) is 4.00. The van der Waals surface area contributed by atoms with Crippen LogP contribution in [0, 0.1) is 5.41 Å². The lowest BCUT2D eigenvalue weighted by Crippen LogP contribution is -2.41. The van der Waals surface area contributed by atoms with Gasteiger partial charge in [-0.3, -0.25) is 0 Å². The number of ether oxygens (including phenoxy) is 1. The van der Waals surface area contributed by atoms with E-state index in [2.05, 4.69) is 10.1 Å². The summed E-state index contributed by atoms with van der Waals surface area (Å²) in [5, 5.41) is 2.52. The molecule has 0 aromatic heterocycles. The molecule has 3 nitrogen and oxygen atoms in total. The highest BCUT2D eigenvalue weighted by Gasteiger charge is 2.21. The Labute approximate surface area is 72.3 Å². The van der Waals surface area contributed by atoms with Gasteiger partial charge in [-0.1, -0.05) is 20.8 Å². The predicted molar refractivity (Wildman–Crippen MR) is 44.5 cm³/mol. The number of rotatable bonds is 2. The molecule has 0 heterocycles. The molecule has 0 spiro atoms. The second-order valence-electron chi connectivity index (χ2n) is 3.77. The summed E-state index contributed by atoms with van der Waals surface area (Å²) in [7, 11) is 0. The van der Waals surface area contributed by atoms with Crippen molar-refractivity contribution in [3.63, 3.8) is 0 Å². The molecule has 0 aliphatic heterocycles. The van der Waals surface area contributed by atoms with E-state index in [1.54, 1.807) is 0 Å². The summed E-state index contributed by atoms with van der Waals surface area (Å²) in [5.74, 6) is 0. The van der Waals surface area contributed by atoms with Crippen molar-refractivity contribution in [2.24, 2.45) is 5.41 Å². The van der Waals surface area contributed by atoms with Crippen molar-refractivity contribution in [2.75, 3.05) is 6.86 Å². The van der Waals surface area contributed by atoms with Crippen LogP contribution >= 0.6 is 0 Å². The molecular formula is C8H16FNO2. The SMILES string of the molecule is CC(NC(=O)OCF)C(C)(C)C. The van der Waals surface area contributed by atoms with E-state index in [0.29, 0.717) is 0 Å². The van der Waals surface area contributed by atoms with Crippen molar-refractivity contribution in [2.45, 2.75) is 33.7 Å².